The molecule has 4 unspecified atom stereocenters. The van der Waals surface area contributed by atoms with Gasteiger partial charge in [0.05, 0.1) is 0 Å². The Hall–Kier alpha value is -0.0400. The summed E-state index contributed by atoms with van der Waals surface area (Å²) in [6.45, 7) is 6.94. The van der Waals surface area contributed by atoms with Crippen LogP contribution in [0.1, 0.15) is 46.5 Å². The molecule has 0 radical (unpaired) electrons. The van der Waals surface area contributed by atoms with Crippen molar-refractivity contribution in [3.63, 3.8) is 0 Å². The van der Waals surface area contributed by atoms with Gasteiger partial charge in [-0.25, -0.2) is 0 Å². The molecule has 0 saturated heterocycles. The zero-order valence-electron chi connectivity index (χ0n) is 9.22. The Balaban J connectivity index is 1.79. The van der Waals surface area contributed by atoms with Crippen LogP contribution < -0.4 is 5.73 Å². The Labute approximate surface area is 82.1 Å². The number of hydrogen-bond donors (Lipinski definition) is 1. The molecule has 2 N–H and O–H groups in total. The molecule has 0 aliphatic heterocycles. The molecule has 1 heteroatoms. The lowest BCUT2D eigenvalue weighted by molar-refractivity contribution is 0.200. The number of nitrogens with two attached hydrogens (primary N) is 1. The van der Waals surface area contributed by atoms with Crippen LogP contribution in [0.2, 0.25) is 0 Å². The largest absolute Gasteiger partial charge is 0.325 e. The van der Waals surface area contributed by atoms with Crippen molar-refractivity contribution in [1.29, 1.82) is 0 Å². The van der Waals surface area contributed by atoms with Gasteiger partial charge >= 0.3 is 0 Å². The molecule has 0 aromatic rings. The van der Waals surface area contributed by atoms with Crippen LogP contribution in [0, 0.1) is 23.7 Å². The van der Waals surface area contributed by atoms with E-state index >= 15 is 0 Å². The smallest absolute Gasteiger partial charge is 0.0186 e. The highest BCUT2D eigenvalue weighted by atomic mass is 14.9. The van der Waals surface area contributed by atoms with Gasteiger partial charge in [-0.2, -0.15) is 0 Å². The molecule has 76 valence electrons. The summed E-state index contributed by atoms with van der Waals surface area (Å²) < 4.78 is 0. The van der Waals surface area contributed by atoms with Crippen LogP contribution in [0.5, 0.6) is 0 Å². The van der Waals surface area contributed by atoms with Gasteiger partial charge in [-0.3, -0.25) is 0 Å². The molecule has 0 aromatic carbocycles. The van der Waals surface area contributed by atoms with E-state index in [-0.39, 0.29) is 5.54 Å². The van der Waals surface area contributed by atoms with Crippen molar-refractivity contribution >= 4 is 0 Å². The molecule has 0 heterocycles. The quantitative estimate of drug-likeness (QED) is 0.712. The second-order valence-corrected chi connectivity index (χ2v) is 5.67. The van der Waals surface area contributed by atoms with Gasteiger partial charge in [-0.1, -0.05) is 33.1 Å². The van der Waals surface area contributed by atoms with Crippen molar-refractivity contribution in [2.75, 3.05) is 0 Å². The van der Waals surface area contributed by atoms with Gasteiger partial charge in [-0.15, -0.1) is 0 Å². The van der Waals surface area contributed by atoms with Gasteiger partial charge in [0.2, 0.25) is 0 Å². The van der Waals surface area contributed by atoms with Crippen molar-refractivity contribution in [1.82, 2.24) is 0 Å². The second-order valence-electron chi connectivity index (χ2n) is 5.67. The summed E-state index contributed by atoms with van der Waals surface area (Å²) in [6.07, 6.45) is 5.79. The lowest BCUT2D eigenvalue weighted by Gasteiger charge is -2.31. The molecule has 2 fully saturated rings. The summed E-state index contributed by atoms with van der Waals surface area (Å²) in [5.74, 6) is 3.52. The lowest BCUT2D eigenvalue weighted by Crippen LogP contribution is -2.24. The van der Waals surface area contributed by atoms with Gasteiger partial charge in [-0.05, 0) is 37.0 Å². The van der Waals surface area contributed by atoms with Crippen molar-refractivity contribution in [3.8, 4) is 0 Å². The molecule has 13 heavy (non-hydrogen) atoms. The van der Waals surface area contributed by atoms with E-state index < -0.39 is 0 Å². The third kappa shape index (κ3) is 1.52. The Bertz CT molecular complexity index is 193. The molecular formula is C12H23N. The fourth-order valence-electron chi connectivity index (χ4n) is 2.92. The molecular weight excluding hydrogens is 158 g/mol. The summed E-state index contributed by atoms with van der Waals surface area (Å²) in [5, 5.41) is 0. The predicted octanol–water partition coefficient (Wildman–Crippen LogP) is 2.80. The van der Waals surface area contributed by atoms with Crippen molar-refractivity contribution in [2.24, 2.45) is 29.4 Å². The zero-order chi connectivity index (χ0) is 9.64. The Kier molecular flexibility index (Phi) is 2.18. The molecule has 0 bridgehead atoms. The fraction of sp³-hybridized carbons (Fsp3) is 1.00. The normalized spacial score (nSPS) is 47.1. The highest BCUT2D eigenvalue weighted by Gasteiger charge is 2.55. The lowest BCUT2D eigenvalue weighted by atomic mass is 9.74. The Morgan fingerprint density at radius 1 is 1.46 bits per heavy atom. The minimum absolute atomic E-state index is 0.165. The maximum absolute atomic E-state index is 6.16. The van der Waals surface area contributed by atoms with Gasteiger partial charge < -0.3 is 5.73 Å². The minimum Gasteiger partial charge on any atom is -0.325 e. The van der Waals surface area contributed by atoms with E-state index in [9.17, 15) is 0 Å². The predicted molar refractivity (Wildman–Crippen MR) is 56.4 cm³/mol. The monoisotopic (exact) mass is 181 g/mol. The van der Waals surface area contributed by atoms with E-state index in [0.29, 0.717) is 0 Å². The summed E-state index contributed by atoms with van der Waals surface area (Å²) in [7, 11) is 0. The van der Waals surface area contributed by atoms with E-state index in [1.54, 1.807) is 0 Å². The topological polar surface area (TPSA) is 26.0 Å². The zero-order valence-corrected chi connectivity index (χ0v) is 9.22. The standard InChI is InChI=1S/C12H23N/c1-8(10-5-4-6-10)7-11-9(2)12(11,3)13/h8-11H,4-7,13H2,1-3H3. The van der Waals surface area contributed by atoms with E-state index in [4.69, 9.17) is 5.73 Å². The molecule has 4 atom stereocenters. The highest BCUT2D eigenvalue weighted by Crippen LogP contribution is 2.53. The average Bonchev–Trinajstić information content (AvgIpc) is 2.34. The molecule has 0 spiro atoms. The van der Waals surface area contributed by atoms with Crippen molar-refractivity contribution < 1.29 is 0 Å². The first-order valence-electron chi connectivity index (χ1n) is 5.82. The minimum atomic E-state index is 0.165. The maximum atomic E-state index is 6.16. The van der Waals surface area contributed by atoms with Crippen LogP contribution in [0.25, 0.3) is 0 Å². The van der Waals surface area contributed by atoms with Crippen LogP contribution >= 0.6 is 0 Å². The highest BCUT2D eigenvalue weighted by molar-refractivity contribution is 5.11. The van der Waals surface area contributed by atoms with Crippen LogP contribution in [0.3, 0.4) is 0 Å². The molecule has 2 rings (SSSR count). The maximum Gasteiger partial charge on any atom is 0.0186 e. The van der Waals surface area contributed by atoms with Crippen LogP contribution in [0.15, 0.2) is 0 Å². The van der Waals surface area contributed by atoms with Gasteiger partial charge in [0.25, 0.3) is 0 Å². The molecule has 0 aromatic heterocycles. The summed E-state index contributed by atoms with van der Waals surface area (Å²) in [6, 6.07) is 0. The van der Waals surface area contributed by atoms with Gasteiger partial charge in [0.15, 0.2) is 0 Å². The van der Waals surface area contributed by atoms with E-state index in [1.165, 1.54) is 25.7 Å². The summed E-state index contributed by atoms with van der Waals surface area (Å²) in [4.78, 5) is 0. The fourth-order valence-corrected chi connectivity index (χ4v) is 2.92. The summed E-state index contributed by atoms with van der Waals surface area (Å²) >= 11 is 0. The first kappa shape index (κ1) is 9.51. The van der Waals surface area contributed by atoms with Gasteiger partial charge in [0, 0.05) is 5.54 Å². The molecule has 0 amide bonds. The SMILES string of the molecule is CC(CC1C(C)C1(C)N)C1CCC1. The Morgan fingerprint density at radius 2 is 2.00 bits per heavy atom. The van der Waals surface area contributed by atoms with Crippen molar-refractivity contribution in [3.05, 3.63) is 0 Å². The van der Waals surface area contributed by atoms with Crippen LogP contribution in [-0.4, -0.2) is 5.54 Å². The van der Waals surface area contributed by atoms with E-state index in [1.807, 2.05) is 0 Å². The van der Waals surface area contributed by atoms with Crippen LogP contribution in [0.4, 0.5) is 0 Å². The first-order valence-corrected chi connectivity index (χ1v) is 5.82. The molecule has 2 aliphatic rings. The second kappa shape index (κ2) is 2.98. The number of rotatable bonds is 3. The van der Waals surface area contributed by atoms with Crippen molar-refractivity contribution in [2.45, 2.75) is 52.0 Å². The third-order valence-corrected chi connectivity index (χ3v) is 4.85. The number of hydrogen-bond acceptors (Lipinski definition) is 1. The molecule has 1 nitrogen and oxygen atoms in total. The molecule has 2 saturated carbocycles. The van der Waals surface area contributed by atoms with Crippen LogP contribution in [-0.2, 0) is 0 Å². The van der Waals surface area contributed by atoms with E-state index in [0.717, 1.165) is 23.7 Å². The third-order valence-electron chi connectivity index (χ3n) is 4.85. The first-order chi connectivity index (χ1) is 6.03. The average molecular weight is 181 g/mol. The molecule has 2 aliphatic carbocycles. The Morgan fingerprint density at radius 3 is 2.31 bits per heavy atom. The van der Waals surface area contributed by atoms with Gasteiger partial charge in [0.1, 0.15) is 0 Å². The summed E-state index contributed by atoms with van der Waals surface area (Å²) in [5.41, 5.74) is 6.33. The van der Waals surface area contributed by atoms with E-state index in [2.05, 4.69) is 20.8 Å².